The van der Waals surface area contributed by atoms with E-state index in [9.17, 15) is 4.39 Å². The van der Waals surface area contributed by atoms with Crippen LogP contribution < -0.4 is 5.73 Å². The number of hydrogen-bond donors (Lipinski definition) is 1. The number of halogens is 1. The van der Waals surface area contributed by atoms with Crippen molar-refractivity contribution < 1.29 is 4.39 Å². The molecule has 0 heterocycles. The van der Waals surface area contributed by atoms with Crippen molar-refractivity contribution in [3.05, 3.63) is 29.6 Å². The topological polar surface area (TPSA) is 32.5 Å². The van der Waals surface area contributed by atoms with Gasteiger partial charge in [0.05, 0.1) is 5.69 Å². The van der Waals surface area contributed by atoms with E-state index in [1.54, 1.807) is 6.07 Å². The van der Waals surface area contributed by atoms with Gasteiger partial charge in [0, 0.05) is 19.6 Å². The molecule has 0 fully saturated rings. The van der Waals surface area contributed by atoms with Crippen molar-refractivity contribution >= 4 is 5.69 Å². The smallest absolute Gasteiger partial charge is 0.146 e. The summed E-state index contributed by atoms with van der Waals surface area (Å²) in [7, 11) is 6.07. The Morgan fingerprint density at radius 1 is 1.19 bits per heavy atom. The van der Waals surface area contributed by atoms with Crippen LogP contribution in [0.1, 0.15) is 5.56 Å². The number of hydrogen-bond acceptors (Lipinski definition) is 3. The molecule has 0 unspecified atom stereocenters. The predicted octanol–water partition coefficient (Wildman–Crippen LogP) is 1.40. The molecule has 0 saturated heterocycles. The van der Waals surface area contributed by atoms with Crippen LogP contribution in [0.5, 0.6) is 0 Å². The maximum absolute atomic E-state index is 13.2. The Labute approximate surface area is 96.6 Å². The lowest BCUT2D eigenvalue weighted by molar-refractivity contribution is 0.276. The Balaban J connectivity index is 2.56. The first-order valence-electron chi connectivity index (χ1n) is 5.37. The average molecular weight is 225 g/mol. The van der Waals surface area contributed by atoms with Crippen LogP contribution in [-0.4, -0.2) is 44.0 Å². The van der Waals surface area contributed by atoms with Crippen LogP contribution in [0.25, 0.3) is 0 Å². The Kier molecular flexibility index (Phi) is 4.71. The van der Waals surface area contributed by atoms with E-state index in [4.69, 9.17) is 5.73 Å². The molecule has 0 saturated carbocycles. The second-order valence-electron chi connectivity index (χ2n) is 4.35. The maximum atomic E-state index is 13.2. The van der Waals surface area contributed by atoms with E-state index >= 15 is 0 Å². The number of nitrogens with zero attached hydrogens (tertiary/aromatic N) is 2. The molecule has 0 aliphatic carbocycles. The highest BCUT2D eigenvalue weighted by Crippen LogP contribution is 2.16. The molecule has 0 aliphatic rings. The van der Waals surface area contributed by atoms with Crippen molar-refractivity contribution in [2.24, 2.45) is 0 Å². The van der Waals surface area contributed by atoms with E-state index in [0.29, 0.717) is 6.54 Å². The first-order chi connectivity index (χ1) is 7.50. The summed E-state index contributed by atoms with van der Waals surface area (Å²) >= 11 is 0. The van der Waals surface area contributed by atoms with Gasteiger partial charge in [0.15, 0.2) is 0 Å². The van der Waals surface area contributed by atoms with Gasteiger partial charge in [0.1, 0.15) is 5.82 Å². The van der Waals surface area contributed by atoms with Gasteiger partial charge < -0.3 is 15.5 Å². The lowest BCUT2D eigenvalue weighted by Crippen LogP contribution is -2.28. The molecule has 1 aromatic rings. The second-order valence-corrected chi connectivity index (χ2v) is 4.35. The van der Waals surface area contributed by atoms with Gasteiger partial charge in [0.25, 0.3) is 0 Å². The molecule has 2 N–H and O–H groups in total. The molecule has 3 nitrogen and oxygen atoms in total. The van der Waals surface area contributed by atoms with E-state index in [-0.39, 0.29) is 11.5 Å². The van der Waals surface area contributed by atoms with Crippen molar-refractivity contribution in [3.8, 4) is 0 Å². The average Bonchev–Trinajstić information content (AvgIpc) is 2.22. The monoisotopic (exact) mass is 225 g/mol. The van der Waals surface area contributed by atoms with Crippen LogP contribution in [0.3, 0.4) is 0 Å². The van der Waals surface area contributed by atoms with Crippen LogP contribution in [0.15, 0.2) is 18.2 Å². The highest BCUT2D eigenvalue weighted by Gasteiger charge is 2.07. The van der Waals surface area contributed by atoms with E-state index in [1.807, 2.05) is 27.2 Å². The third-order valence-corrected chi connectivity index (χ3v) is 2.51. The van der Waals surface area contributed by atoms with Crippen LogP contribution in [0, 0.1) is 5.82 Å². The van der Waals surface area contributed by atoms with Gasteiger partial charge in [-0.25, -0.2) is 4.39 Å². The number of likely N-dealkylation sites (N-methyl/N-ethyl adjacent to an activating group) is 2. The molecule has 0 aromatic heterocycles. The lowest BCUT2D eigenvalue weighted by Gasteiger charge is -2.20. The molecule has 1 rings (SSSR count). The van der Waals surface area contributed by atoms with Gasteiger partial charge in [-0.1, -0.05) is 12.1 Å². The Morgan fingerprint density at radius 3 is 2.50 bits per heavy atom. The van der Waals surface area contributed by atoms with Crippen LogP contribution in [-0.2, 0) is 6.54 Å². The van der Waals surface area contributed by atoms with Crippen molar-refractivity contribution in [1.29, 1.82) is 0 Å². The minimum atomic E-state index is -0.335. The maximum Gasteiger partial charge on any atom is 0.146 e. The minimum absolute atomic E-state index is 0.263. The van der Waals surface area contributed by atoms with Gasteiger partial charge in [0.2, 0.25) is 0 Å². The fourth-order valence-electron chi connectivity index (χ4n) is 1.46. The minimum Gasteiger partial charge on any atom is -0.396 e. The SMILES string of the molecule is CN(C)CCN(C)Cc1cccc(F)c1N. The number of nitrogens with two attached hydrogens (primary N) is 1. The highest BCUT2D eigenvalue weighted by molar-refractivity contribution is 5.47. The Hall–Kier alpha value is -1.13. The summed E-state index contributed by atoms with van der Waals surface area (Å²) in [5.74, 6) is -0.335. The molecule has 16 heavy (non-hydrogen) atoms. The summed E-state index contributed by atoms with van der Waals surface area (Å²) in [5.41, 5.74) is 6.79. The van der Waals surface area contributed by atoms with Gasteiger partial charge in [-0.3, -0.25) is 0 Å². The molecule has 4 heteroatoms. The Morgan fingerprint density at radius 2 is 1.88 bits per heavy atom. The van der Waals surface area contributed by atoms with Crippen LogP contribution >= 0.6 is 0 Å². The number of anilines is 1. The van der Waals surface area contributed by atoms with Gasteiger partial charge in [-0.05, 0) is 32.8 Å². The molecule has 90 valence electrons. The predicted molar refractivity (Wildman–Crippen MR) is 65.7 cm³/mol. The summed E-state index contributed by atoms with van der Waals surface area (Å²) in [6.07, 6.45) is 0. The van der Waals surface area contributed by atoms with E-state index < -0.39 is 0 Å². The third kappa shape index (κ3) is 3.79. The van der Waals surface area contributed by atoms with E-state index in [1.165, 1.54) is 6.07 Å². The lowest BCUT2D eigenvalue weighted by atomic mass is 10.1. The van der Waals surface area contributed by atoms with E-state index in [0.717, 1.165) is 18.7 Å². The fraction of sp³-hybridized carbons (Fsp3) is 0.500. The summed E-state index contributed by atoms with van der Waals surface area (Å²) in [4.78, 5) is 4.25. The molecule has 0 radical (unpaired) electrons. The Bertz CT molecular complexity index is 339. The second kappa shape index (κ2) is 5.82. The van der Waals surface area contributed by atoms with Crippen LogP contribution in [0.4, 0.5) is 10.1 Å². The zero-order valence-electron chi connectivity index (χ0n) is 10.2. The van der Waals surface area contributed by atoms with E-state index in [2.05, 4.69) is 9.80 Å². The standard InChI is InChI=1S/C12H20FN3/c1-15(2)7-8-16(3)9-10-5-4-6-11(13)12(10)14/h4-6H,7-9,14H2,1-3H3. The van der Waals surface area contributed by atoms with Crippen molar-refractivity contribution in [2.45, 2.75) is 6.54 Å². The molecule has 1 aromatic carbocycles. The zero-order chi connectivity index (χ0) is 12.1. The number of rotatable bonds is 5. The van der Waals surface area contributed by atoms with Gasteiger partial charge in [-0.2, -0.15) is 0 Å². The molecule has 0 bridgehead atoms. The highest BCUT2D eigenvalue weighted by atomic mass is 19.1. The summed E-state index contributed by atoms with van der Waals surface area (Å²) < 4.78 is 13.2. The summed E-state index contributed by atoms with van der Waals surface area (Å²) in [6.45, 7) is 2.59. The first-order valence-corrected chi connectivity index (χ1v) is 5.37. The summed E-state index contributed by atoms with van der Waals surface area (Å²) in [5, 5.41) is 0. The molecule has 0 amide bonds. The van der Waals surface area contributed by atoms with Gasteiger partial charge in [-0.15, -0.1) is 0 Å². The number of benzene rings is 1. The fourth-order valence-corrected chi connectivity index (χ4v) is 1.46. The quantitative estimate of drug-likeness (QED) is 0.769. The largest absolute Gasteiger partial charge is 0.396 e. The van der Waals surface area contributed by atoms with Gasteiger partial charge >= 0.3 is 0 Å². The molecule has 0 aliphatic heterocycles. The number of para-hydroxylation sites is 1. The zero-order valence-corrected chi connectivity index (χ0v) is 10.2. The van der Waals surface area contributed by atoms with Crippen molar-refractivity contribution in [2.75, 3.05) is 40.0 Å². The van der Waals surface area contributed by atoms with Crippen molar-refractivity contribution in [3.63, 3.8) is 0 Å². The molecular formula is C12H20FN3. The first kappa shape index (κ1) is 12.9. The summed E-state index contributed by atoms with van der Waals surface area (Å²) in [6, 6.07) is 4.95. The molecule has 0 spiro atoms. The number of nitrogen functional groups attached to an aromatic ring is 1. The van der Waals surface area contributed by atoms with Crippen LogP contribution in [0.2, 0.25) is 0 Å². The molecule has 0 atom stereocenters. The van der Waals surface area contributed by atoms with Crippen molar-refractivity contribution in [1.82, 2.24) is 9.80 Å². The normalized spacial score (nSPS) is 11.4. The third-order valence-electron chi connectivity index (χ3n) is 2.51. The molecular weight excluding hydrogens is 205 g/mol.